The number of aliphatic hydroxyl groups excluding tert-OH is 1. The van der Waals surface area contributed by atoms with Crippen LogP contribution in [-0.2, 0) is 11.2 Å². The fraction of sp³-hybridized carbons (Fsp3) is 0.516. The second kappa shape index (κ2) is 14.9. The van der Waals surface area contributed by atoms with Crippen LogP contribution in [-0.4, -0.2) is 77.2 Å². The fourth-order valence-electron chi connectivity index (χ4n) is 4.41. The Labute approximate surface area is 241 Å². The topological polar surface area (TPSA) is 99.2 Å². The highest BCUT2D eigenvalue weighted by atomic mass is 19.1. The van der Waals surface area contributed by atoms with Crippen LogP contribution in [0, 0.1) is 18.6 Å². The summed E-state index contributed by atoms with van der Waals surface area (Å²) in [5, 5.41) is 13.8. The van der Waals surface area contributed by atoms with Gasteiger partial charge in [-0.05, 0) is 88.4 Å². The summed E-state index contributed by atoms with van der Waals surface area (Å²) in [5.41, 5.74) is 0.715. The van der Waals surface area contributed by atoms with Crippen LogP contribution in [0.1, 0.15) is 79.3 Å². The third-order valence-electron chi connectivity index (χ3n) is 6.19. The summed E-state index contributed by atoms with van der Waals surface area (Å²) in [5.74, 6) is -2.36. The molecule has 2 rings (SSSR count). The predicted molar refractivity (Wildman–Crippen MR) is 154 cm³/mol. The Morgan fingerprint density at radius 1 is 0.951 bits per heavy atom. The van der Waals surface area contributed by atoms with Gasteiger partial charge in [-0.15, -0.1) is 0 Å². The molecule has 8 nitrogen and oxygen atoms in total. The average molecular weight is 576 g/mol. The van der Waals surface area contributed by atoms with Crippen molar-refractivity contribution in [1.82, 2.24) is 15.1 Å². The molecule has 2 unspecified atom stereocenters. The van der Waals surface area contributed by atoms with Crippen molar-refractivity contribution in [1.29, 1.82) is 0 Å². The lowest BCUT2D eigenvalue weighted by molar-refractivity contribution is 0.0167. The van der Waals surface area contributed by atoms with Crippen LogP contribution in [0.4, 0.5) is 13.6 Å². The van der Waals surface area contributed by atoms with E-state index in [1.807, 2.05) is 13.8 Å². The van der Waals surface area contributed by atoms with E-state index in [0.717, 1.165) is 31.0 Å². The molecule has 2 atom stereocenters. The molecule has 2 aromatic carbocycles. The van der Waals surface area contributed by atoms with Crippen molar-refractivity contribution in [3.8, 4) is 0 Å². The van der Waals surface area contributed by atoms with E-state index in [9.17, 15) is 28.3 Å². The van der Waals surface area contributed by atoms with E-state index in [-0.39, 0.29) is 30.0 Å². The van der Waals surface area contributed by atoms with Crippen LogP contribution in [0.25, 0.3) is 0 Å². The molecule has 0 radical (unpaired) electrons. The number of ether oxygens (including phenoxy) is 1. The van der Waals surface area contributed by atoms with E-state index in [4.69, 9.17) is 4.74 Å². The number of hydrogen-bond acceptors (Lipinski definition) is 5. The number of likely N-dealkylation sites (N-methyl/N-ethyl adjacent to an activating group) is 1. The number of benzene rings is 2. The first-order chi connectivity index (χ1) is 19.1. The Kier molecular flexibility index (Phi) is 12.2. The third kappa shape index (κ3) is 10.8. The maximum absolute atomic E-state index is 13.9. The highest BCUT2D eigenvalue weighted by Crippen LogP contribution is 2.17. The number of rotatable bonds is 12. The molecule has 0 spiro atoms. The van der Waals surface area contributed by atoms with Gasteiger partial charge < -0.3 is 25.0 Å². The minimum atomic E-state index is -1.32. The molecule has 2 aromatic rings. The number of amides is 3. The first kappa shape index (κ1) is 33.7. The number of nitrogens with one attached hydrogen (secondary N) is 1. The second-order valence-electron chi connectivity index (χ2n) is 11.4. The van der Waals surface area contributed by atoms with Crippen LogP contribution >= 0.6 is 0 Å². The molecule has 41 heavy (non-hydrogen) atoms. The molecule has 226 valence electrons. The van der Waals surface area contributed by atoms with Crippen LogP contribution in [0.15, 0.2) is 36.4 Å². The Bertz CT molecular complexity index is 1190. The smallest absolute Gasteiger partial charge is 0.410 e. The van der Waals surface area contributed by atoms with Gasteiger partial charge in [0.25, 0.3) is 11.8 Å². The Hall–Kier alpha value is -3.53. The Balaban J connectivity index is 2.35. The summed E-state index contributed by atoms with van der Waals surface area (Å²) >= 11 is 0. The number of nitrogens with zero attached hydrogens (tertiary/aromatic N) is 2. The normalized spacial score (nSPS) is 12.8. The van der Waals surface area contributed by atoms with Gasteiger partial charge in [-0.1, -0.05) is 13.8 Å². The lowest BCUT2D eigenvalue weighted by atomic mass is 9.99. The van der Waals surface area contributed by atoms with Crippen molar-refractivity contribution >= 4 is 17.9 Å². The summed E-state index contributed by atoms with van der Waals surface area (Å²) in [6.07, 6.45) is -0.532. The molecule has 0 aliphatic heterocycles. The Morgan fingerprint density at radius 2 is 1.51 bits per heavy atom. The van der Waals surface area contributed by atoms with E-state index < -0.39 is 41.4 Å². The van der Waals surface area contributed by atoms with E-state index in [2.05, 4.69) is 5.32 Å². The fourth-order valence-corrected chi connectivity index (χ4v) is 4.41. The van der Waals surface area contributed by atoms with Crippen molar-refractivity contribution < 1.29 is 33.0 Å². The van der Waals surface area contributed by atoms with Crippen molar-refractivity contribution in [2.24, 2.45) is 0 Å². The van der Waals surface area contributed by atoms with Crippen molar-refractivity contribution in [3.05, 3.63) is 70.3 Å². The van der Waals surface area contributed by atoms with Gasteiger partial charge in [-0.2, -0.15) is 0 Å². The van der Waals surface area contributed by atoms with Crippen LogP contribution < -0.4 is 5.32 Å². The quantitative estimate of drug-likeness (QED) is 0.367. The van der Waals surface area contributed by atoms with Gasteiger partial charge in [0.2, 0.25) is 0 Å². The lowest BCUT2D eigenvalue weighted by Gasteiger charge is -2.30. The summed E-state index contributed by atoms with van der Waals surface area (Å²) in [4.78, 5) is 42.0. The highest BCUT2D eigenvalue weighted by Gasteiger charge is 2.28. The molecule has 0 heterocycles. The number of aryl methyl sites for hydroxylation is 1. The molecular weight excluding hydrogens is 532 g/mol. The third-order valence-corrected chi connectivity index (χ3v) is 6.19. The number of carbonyl (C=O) groups is 3. The molecule has 0 fully saturated rings. The molecule has 0 bridgehead atoms. The van der Waals surface area contributed by atoms with Crippen LogP contribution in [0.3, 0.4) is 0 Å². The van der Waals surface area contributed by atoms with Gasteiger partial charge in [0.1, 0.15) is 17.2 Å². The minimum absolute atomic E-state index is 0.123. The van der Waals surface area contributed by atoms with Gasteiger partial charge in [0.05, 0.1) is 18.7 Å². The second-order valence-corrected chi connectivity index (χ2v) is 11.4. The minimum Gasteiger partial charge on any atom is -0.444 e. The van der Waals surface area contributed by atoms with E-state index in [1.54, 1.807) is 44.7 Å². The zero-order chi connectivity index (χ0) is 30.9. The molecule has 10 heteroatoms. The molecule has 0 aliphatic rings. The molecule has 0 saturated heterocycles. The first-order valence-corrected chi connectivity index (χ1v) is 13.9. The molecule has 2 N–H and O–H groups in total. The monoisotopic (exact) mass is 575 g/mol. The number of hydrogen-bond donors (Lipinski definition) is 2. The van der Waals surface area contributed by atoms with Gasteiger partial charge in [0, 0.05) is 37.3 Å². The van der Waals surface area contributed by atoms with E-state index >= 15 is 0 Å². The summed E-state index contributed by atoms with van der Waals surface area (Å²) in [6.45, 7) is 11.8. The van der Waals surface area contributed by atoms with Crippen molar-refractivity contribution in [3.63, 3.8) is 0 Å². The van der Waals surface area contributed by atoms with Crippen LogP contribution in [0.5, 0.6) is 0 Å². The zero-order valence-electron chi connectivity index (χ0n) is 25.1. The standard InChI is InChI=1S/C31H43F2N3O5/c1-8-10-36(11-9-2)29(39)23-13-20(3)12-22(17-23)28(38)34-26(16-21-14-24(32)18-25(33)15-21)27(37)19-35(7)30(40)41-31(4,5)6/h12-15,17-18,26-27,37H,8-11,16,19H2,1-7H3,(H,34,38). The summed E-state index contributed by atoms with van der Waals surface area (Å²) in [7, 11) is 1.44. The highest BCUT2D eigenvalue weighted by molar-refractivity contribution is 6.00. The molecule has 0 aliphatic carbocycles. The maximum Gasteiger partial charge on any atom is 0.410 e. The first-order valence-electron chi connectivity index (χ1n) is 13.9. The molecular formula is C31H43F2N3O5. The van der Waals surface area contributed by atoms with Crippen LogP contribution in [0.2, 0.25) is 0 Å². The van der Waals surface area contributed by atoms with Gasteiger partial charge >= 0.3 is 6.09 Å². The summed E-state index contributed by atoms with van der Waals surface area (Å²) in [6, 6.07) is 6.77. The maximum atomic E-state index is 13.9. The summed E-state index contributed by atoms with van der Waals surface area (Å²) < 4.78 is 33.2. The van der Waals surface area contributed by atoms with Gasteiger partial charge in [-0.3, -0.25) is 9.59 Å². The SMILES string of the molecule is CCCN(CCC)C(=O)c1cc(C)cc(C(=O)NC(Cc2cc(F)cc(F)c2)C(O)CN(C)C(=O)OC(C)(C)C)c1. The van der Waals surface area contributed by atoms with Gasteiger partial charge in [0.15, 0.2) is 0 Å². The number of halogens is 2. The predicted octanol–water partition coefficient (Wildman–Crippen LogP) is 5.10. The number of carbonyl (C=O) groups excluding carboxylic acids is 3. The molecule has 3 amide bonds. The van der Waals surface area contributed by atoms with E-state index in [0.29, 0.717) is 24.2 Å². The average Bonchev–Trinajstić information content (AvgIpc) is 2.85. The zero-order valence-corrected chi connectivity index (χ0v) is 25.1. The van der Waals surface area contributed by atoms with Gasteiger partial charge in [-0.25, -0.2) is 13.6 Å². The number of aliphatic hydroxyl groups is 1. The Morgan fingerprint density at radius 3 is 2.05 bits per heavy atom. The van der Waals surface area contributed by atoms with Crippen molar-refractivity contribution in [2.75, 3.05) is 26.7 Å². The lowest BCUT2D eigenvalue weighted by Crippen LogP contribution is -2.50. The molecule has 0 saturated carbocycles. The largest absolute Gasteiger partial charge is 0.444 e. The molecule has 0 aromatic heterocycles. The van der Waals surface area contributed by atoms with E-state index in [1.165, 1.54) is 18.0 Å². The van der Waals surface area contributed by atoms with Crippen molar-refractivity contribution in [2.45, 2.75) is 78.6 Å².